The van der Waals surface area contributed by atoms with E-state index in [0.29, 0.717) is 0 Å². The van der Waals surface area contributed by atoms with Crippen LogP contribution in [0.25, 0.3) is 0 Å². The first-order valence-corrected chi connectivity index (χ1v) is 7.59. The standard InChI is InChI=1S/C16H17BrClNO/c1-10-8-13(5-6-15(10)18)20-16-7-4-12(17)9-14(16)11(2)19-3/h4-9,11,19H,1-3H3. The normalized spacial score (nSPS) is 12.2. The highest BCUT2D eigenvalue weighted by Crippen LogP contribution is 2.33. The molecule has 0 spiro atoms. The van der Waals surface area contributed by atoms with Gasteiger partial charge < -0.3 is 10.1 Å². The van der Waals surface area contributed by atoms with Crippen LogP contribution in [-0.2, 0) is 0 Å². The first-order chi connectivity index (χ1) is 9.51. The Hall–Kier alpha value is -1.03. The number of nitrogens with one attached hydrogen (secondary N) is 1. The lowest BCUT2D eigenvalue weighted by molar-refractivity contribution is 0.466. The molecular formula is C16H17BrClNO. The van der Waals surface area contributed by atoms with E-state index in [2.05, 4.69) is 34.2 Å². The molecule has 106 valence electrons. The van der Waals surface area contributed by atoms with Crippen LogP contribution in [0, 0.1) is 6.92 Å². The fourth-order valence-corrected chi connectivity index (χ4v) is 2.41. The fraction of sp³-hybridized carbons (Fsp3) is 0.250. The zero-order valence-electron chi connectivity index (χ0n) is 11.7. The number of halogens is 2. The van der Waals surface area contributed by atoms with E-state index in [9.17, 15) is 0 Å². The average molecular weight is 355 g/mol. The van der Waals surface area contributed by atoms with E-state index in [-0.39, 0.29) is 6.04 Å². The quantitative estimate of drug-likeness (QED) is 0.784. The van der Waals surface area contributed by atoms with Gasteiger partial charge in [-0.3, -0.25) is 0 Å². The third kappa shape index (κ3) is 3.54. The van der Waals surface area contributed by atoms with Crippen LogP contribution >= 0.6 is 27.5 Å². The number of hydrogen-bond acceptors (Lipinski definition) is 2. The summed E-state index contributed by atoms with van der Waals surface area (Å²) < 4.78 is 7.04. The molecule has 0 radical (unpaired) electrons. The van der Waals surface area contributed by atoms with Crippen LogP contribution in [0.4, 0.5) is 0 Å². The molecular weight excluding hydrogens is 338 g/mol. The van der Waals surface area contributed by atoms with Crippen LogP contribution in [-0.4, -0.2) is 7.05 Å². The molecule has 0 saturated carbocycles. The maximum atomic E-state index is 6.04. The maximum Gasteiger partial charge on any atom is 0.132 e. The molecule has 2 nitrogen and oxygen atoms in total. The van der Waals surface area contributed by atoms with Crippen molar-refractivity contribution >= 4 is 27.5 Å². The van der Waals surface area contributed by atoms with Gasteiger partial charge in [0.1, 0.15) is 11.5 Å². The van der Waals surface area contributed by atoms with E-state index < -0.39 is 0 Å². The van der Waals surface area contributed by atoms with Crippen LogP contribution < -0.4 is 10.1 Å². The molecule has 0 aliphatic heterocycles. The predicted octanol–water partition coefficient (Wildman–Crippen LogP) is 5.48. The Balaban J connectivity index is 2.35. The molecule has 0 amide bonds. The van der Waals surface area contributed by atoms with Gasteiger partial charge in [0.05, 0.1) is 0 Å². The van der Waals surface area contributed by atoms with Gasteiger partial charge in [-0.05, 0) is 62.9 Å². The van der Waals surface area contributed by atoms with E-state index in [1.807, 2.05) is 44.3 Å². The topological polar surface area (TPSA) is 21.3 Å². The van der Waals surface area contributed by atoms with Gasteiger partial charge in [-0.25, -0.2) is 0 Å². The number of hydrogen-bond donors (Lipinski definition) is 1. The summed E-state index contributed by atoms with van der Waals surface area (Å²) in [6.45, 7) is 4.07. The molecule has 20 heavy (non-hydrogen) atoms. The average Bonchev–Trinajstić information content (AvgIpc) is 2.44. The Morgan fingerprint density at radius 2 is 1.95 bits per heavy atom. The Morgan fingerprint density at radius 1 is 1.20 bits per heavy atom. The Morgan fingerprint density at radius 3 is 2.60 bits per heavy atom. The van der Waals surface area contributed by atoms with Crippen molar-refractivity contribution in [3.05, 3.63) is 57.0 Å². The molecule has 0 aliphatic carbocycles. The fourth-order valence-electron chi connectivity index (χ4n) is 1.91. The molecule has 4 heteroatoms. The van der Waals surface area contributed by atoms with E-state index in [1.54, 1.807) is 0 Å². The molecule has 0 saturated heterocycles. The zero-order chi connectivity index (χ0) is 14.7. The van der Waals surface area contributed by atoms with Crippen molar-refractivity contribution in [1.29, 1.82) is 0 Å². The van der Waals surface area contributed by atoms with Crippen molar-refractivity contribution in [3.8, 4) is 11.5 Å². The van der Waals surface area contributed by atoms with Crippen molar-refractivity contribution in [2.75, 3.05) is 7.05 Å². The van der Waals surface area contributed by atoms with Crippen LogP contribution in [0.1, 0.15) is 24.1 Å². The zero-order valence-corrected chi connectivity index (χ0v) is 14.0. The summed E-state index contributed by atoms with van der Waals surface area (Å²) in [5.41, 5.74) is 2.11. The second kappa shape index (κ2) is 6.61. The molecule has 0 aliphatic rings. The molecule has 2 aromatic carbocycles. The number of benzene rings is 2. The molecule has 0 bridgehead atoms. The van der Waals surface area contributed by atoms with Gasteiger partial charge in [0.2, 0.25) is 0 Å². The third-order valence-corrected chi connectivity index (χ3v) is 4.15. The molecule has 0 fully saturated rings. The second-order valence-electron chi connectivity index (χ2n) is 4.71. The van der Waals surface area contributed by atoms with Crippen LogP contribution in [0.5, 0.6) is 11.5 Å². The summed E-state index contributed by atoms with van der Waals surface area (Å²) >= 11 is 9.54. The van der Waals surface area contributed by atoms with E-state index in [0.717, 1.165) is 32.1 Å². The molecule has 2 aromatic rings. The SMILES string of the molecule is CNC(C)c1cc(Br)ccc1Oc1ccc(Cl)c(C)c1. The van der Waals surface area contributed by atoms with E-state index in [1.165, 1.54) is 0 Å². The summed E-state index contributed by atoms with van der Waals surface area (Å²) in [6, 6.07) is 11.9. The highest BCUT2D eigenvalue weighted by atomic mass is 79.9. The summed E-state index contributed by atoms with van der Waals surface area (Å²) in [5.74, 6) is 1.63. The van der Waals surface area contributed by atoms with Crippen LogP contribution in [0.15, 0.2) is 40.9 Å². The minimum atomic E-state index is 0.205. The Labute approximate surface area is 133 Å². The second-order valence-corrected chi connectivity index (χ2v) is 6.03. The number of ether oxygens (including phenoxy) is 1. The lowest BCUT2D eigenvalue weighted by atomic mass is 10.1. The van der Waals surface area contributed by atoms with Crippen molar-refractivity contribution in [2.24, 2.45) is 0 Å². The third-order valence-electron chi connectivity index (χ3n) is 3.23. The summed E-state index contributed by atoms with van der Waals surface area (Å²) in [5, 5.41) is 3.98. The van der Waals surface area contributed by atoms with Gasteiger partial charge in [0.15, 0.2) is 0 Å². The lowest BCUT2D eigenvalue weighted by Crippen LogP contribution is -2.13. The first kappa shape index (κ1) is 15.4. The summed E-state index contributed by atoms with van der Waals surface area (Å²) in [4.78, 5) is 0. The first-order valence-electron chi connectivity index (χ1n) is 6.42. The number of aryl methyl sites for hydroxylation is 1. The Kier molecular flexibility index (Phi) is 5.08. The predicted molar refractivity (Wildman–Crippen MR) is 87.9 cm³/mol. The monoisotopic (exact) mass is 353 g/mol. The number of rotatable bonds is 4. The molecule has 1 unspecified atom stereocenters. The minimum absolute atomic E-state index is 0.205. The van der Waals surface area contributed by atoms with Crippen LogP contribution in [0.2, 0.25) is 5.02 Å². The van der Waals surface area contributed by atoms with Crippen molar-refractivity contribution in [3.63, 3.8) is 0 Å². The summed E-state index contributed by atoms with van der Waals surface area (Å²) in [7, 11) is 1.93. The summed E-state index contributed by atoms with van der Waals surface area (Å²) in [6.07, 6.45) is 0. The highest BCUT2D eigenvalue weighted by Gasteiger charge is 2.12. The molecule has 1 N–H and O–H groups in total. The Bertz CT molecular complexity index is 615. The molecule has 2 rings (SSSR count). The van der Waals surface area contributed by atoms with Gasteiger partial charge in [-0.1, -0.05) is 27.5 Å². The van der Waals surface area contributed by atoms with E-state index >= 15 is 0 Å². The molecule has 0 aromatic heterocycles. The van der Waals surface area contributed by atoms with Crippen molar-refractivity contribution in [2.45, 2.75) is 19.9 Å². The van der Waals surface area contributed by atoms with Crippen molar-refractivity contribution in [1.82, 2.24) is 5.32 Å². The van der Waals surface area contributed by atoms with Gasteiger partial charge in [-0.2, -0.15) is 0 Å². The largest absolute Gasteiger partial charge is 0.457 e. The van der Waals surface area contributed by atoms with E-state index in [4.69, 9.17) is 16.3 Å². The minimum Gasteiger partial charge on any atom is -0.457 e. The van der Waals surface area contributed by atoms with Gasteiger partial charge in [0, 0.05) is 21.1 Å². The maximum absolute atomic E-state index is 6.04. The van der Waals surface area contributed by atoms with Gasteiger partial charge in [-0.15, -0.1) is 0 Å². The van der Waals surface area contributed by atoms with Crippen molar-refractivity contribution < 1.29 is 4.74 Å². The molecule has 1 atom stereocenters. The van der Waals surface area contributed by atoms with Crippen LogP contribution in [0.3, 0.4) is 0 Å². The van der Waals surface area contributed by atoms with Gasteiger partial charge in [0.25, 0.3) is 0 Å². The smallest absolute Gasteiger partial charge is 0.132 e. The highest BCUT2D eigenvalue weighted by molar-refractivity contribution is 9.10. The van der Waals surface area contributed by atoms with Gasteiger partial charge >= 0.3 is 0 Å². The molecule has 0 heterocycles. The lowest BCUT2D eigenvalue weighted by Gasteiger charge is -2.17.